The number of aliphatic hydroxyl groups is 1. The Morgan fingerprint density at radius 3 is 2.78 bits per heavy atom. The highest BCUT2D eigenvalue weighted by Crippen LogP contribution is 2.31. The number of aliphatic hydroxyl groups excluding tert-OH is 1. The second kappa shape index (κ2) is 5.08. The molecule has 0 radical (unpaired) electrons. The third-order valence-electron chi connectivity index (χ3n) is 3.52. The third-order valence-corrected chi connectivity index (χ3v) is 3.52. The summed E-state index contributed by atoms with van der Waals surface area (Å²) in [5, 5.41) is 12.9. The molecule has 0 aromatic heterocycles. The van der Waals surface area contributed by atoms with Gasteiger partial charge in [0.15, 0.2) is 0 Å². The molecule has 18 heavy (non-hydrogen) atoms. The number of nitrogens with two attached hydrogens (primary N) is 1. The average Bonchev–Trinajstić information content (AvgIpc) is 2.65. The van der Waals surface area contributed by atoms with E-state index in [0.717, 1.165) is 11.1 Å². The van der Waals surface area contributed by atoms with Crippen molar-refractivity contribution in [3.63, 3.8) is 0 Å². The maximum atomic E-state index is 11.9. The number of nitrogens with one attached hydrogen (secondary N) is 1. The van der Waals surface area contributed by atoms with Gasteiger partial charge in [0.05, 0.1) is 18.2 Å². The van der Waals surface area contributed by atoms with E-state index in [0.29, 0.717) is 6.42 Å². The van der Waals surface area contributed by atoms with E-state index in [9.17, 15) is 9.90 Å². The largest absolute Gasteiger partial charge is 0.390 e. The first-order chi connectivity index (χ1) is 8.50. The summed E-state index contributed by atoms with van der Waals surface area (Å²) in [5.41, 5.74) is 7.90. The van der Waals surface area contributed by atoms with Crippen molar-refractivity contribution in [3.05, 3.63) is 35.4 Å². The lowest BCUT2D eigenvalue weighted by molar-refractivity contribution is -0.124. The summed E-state index contributed by atoms with van der Waals surface area (Å²) in [5.74, 6) is -0.121. The van der Waals surface area contributed by atoms with Gasteiger partial charge in [0.1, 0.15) is 0 Å². The van der Waals surface area contributed by atoms with Crippen LogP contribution in [0.2, 0.25) is 0 Å². The van der Waals surface area contributed by atoms with E-state index >= 15 is 0 Å². The summed E-state index contributed by atoms with van der Waals surface area (Å²) in [7, 11) is 0. The Balaban J connectivity index is 2.13. The summed E-state index contributed by atoms with van der Waals surface area (Å²) >= 11 is 0. The molecule has 0 spiro atoms. The number of amides is 1. The van der Waals surface area contributed by atoms with Crippen molar-refractivity contribution in [1.29, 1.82) is 0 Å². The number of fused-ring (bicyclic) bond motifs is 1. The Bertz CT molecular complexity index is 445. The van der Waals surface area contributed by atoms with Crippen molar-refractivity contribution in [2.75, 3.05) is 0 Å². The molecule has 0 bridgehead atoms. The van der Waals surface area contributed by atoms with Gasteiger partial charge in [0, 0.05) is 6.42 Å². The molecule has 4 N–H and O–H groups in total. The fraction of sp³-hybridized carbons (Fsp3) is 0.500. The lowest BCUT2D eigenvalue weighted by Gasteiger charge is -2.22. The predicted molar refractivity (Wildman–Crippen MR) is 69.8 cm³/mol. The lowest BCUT2D eigenvalue weighted by atomic mass is 10.0. The van der Waals surface area contributed by atoms with Gasteiger partial charge in [-0.3, -0.25) is 4.79 Å². The summed E-state index contributed by atoms with van der Waals surface area (Å²) in [6, 6.07) is 6.90. The first-order valence-electron chi connectivity index (χ1n) is 6.32. The number of hydrogen-bond donors (Lipinski definition) is 3. The summed E-state index contributed by atoms with van der Waals surface area (Å²) < 4.78 is 0. The summed E-state index contributed by atoms with van der Waals surface area (Å²) in [6.45, 7) is 3.81. The highest BCUT2D eigenvalue weighted by molar-refractivity contribution is 5.82. The van der Waals surface area contributed by atoms with Gasteiger partial charge in [-0.1, -0.05) is 38.1 Å². The van der Waals surface area contributed by atoms with Gasteiger partial charge in [-0.15, -0.1) is 0 Å². The van der Waals surface area contributed by atoms with Crippen molar-refractivity contribution in [2.45, 2.75) is 38.5 Å². The first kappa shape index (κ1) is 13.1. The minimum atomic E-state index is -0.564. The molecule has 0 saturated heterocycles. The van der Waals surface area contributed by atoms with E-state index in [1.807, 2.05) is 38.1 Å². The van der Waals surface area contributed by atoms with Crippen LogP contribution >= 0.6 is 0 Å². The molecule has 3 unspecified atom stereocenters. The second-order valence-electron chi connectivity index (χ2n) is 5.23. The molecule has 4 nitrogen and oxygen atoms in total. The van der Waals surface area contributed by atoms with Crippen LogP contribution in [0.15, 0.2) is 24.3 Å². The molecule has 1 aliphatic carbocycles. The minimum absolute atomic E-state index is 0.0822. The molecule has 0 fully saturated rings. The standard InChI is InChI=1S/C14H20N2O2/c1-8(2)12(15)14(18)16-13-10-6-4-3-5-9(10)7-11(13)17/h3-6,8,11-13,17H,7,15H2,1-2H3,(H,16,18). The molecule has 1 aromatic rings. The van der Waals surface area contributed by atoms with Gasteiger partial charge in [-0.2, -0.15) is 0 Å². The minimum Gasteiger partial charge on any atom is -0.390 e. The van der Waals surface area contributed by atoms with E-state index in [2.05, 4.69) is 5.32 Å². The van der Waals surface area contributed by atoms with E-state index in [4.69, 9.17) is 5.73 Å². The van der Waals surface area contributed by atoms with Crippen LogP contribution in [-0.2, 0) is 11.2 Å². The number of rotatable bonds is 3. The molecule has 98 valence electrons. The highest BCUT2D eigenvalue weighted by atomic mass is 16.3. The molecule has 0 aliphatic heterocycles. The van der Waals surface area contributed by atoms with Gasteiger partial charge < -0.3 is 16.2 Å². The van der Waals surface area contributed by atoms with Crippen LogP contribution in [-0.4, -0.2) is 23.2 Å². The van der Waals surface area contributed by atoms with Crippen LogP contribution in [0.25, 0.3) is 0 Å². The Labute approximate surface area is 107 Å². The summed E-state index contributed by atoms with van der Waals surface area (Å²) in [6.07, 6.45) is 0.0172. The zero-order valence-electron chi connectivity index (χ0n) is 10.8. The van der Waals surface area contributed by atoms with Crippen LogP contribution in [0.4, 0.5) is 0 Å². The van der Waals surface area contributed by atoms with Gasteiger partial charge in [0.25, 0.3) is 0 Å². The number of hydrogen-bond acceptors (Lipinski definition) is 3. The Morgan fingerprint density at radius 2 is 2.11 bits per heavy atom. The zero-order valence-corrected chi connectivity index (χ0v) is 10.8. The van der Waals surface area contributed by atoms with Crippen molar-refractivity contribution < 1.29 is 9.90 Å². The van der Waals surface area contributed by atoms with E-state index < -0.39 is 12.1 Å². The summed E-state index contributed by atoms with van der Waals surface area (Å²) in [4.78, 5) is 11.9. The van der Waals surface area contributed by atoms with Crippen molar-refractivity contribution in [2.24, 2.45) is 11.7 Å². The maximum absolute atomic E-state index is 11.9. The van der Waals surface area contributed by atoms with Crippen LogP contribution < -0.4 is 11.1 Å². The molecule has 1 amide bonds. The number of benzene rings is 1. The topological polar surface area (TPSA) is 75.4 Å². The number of carbonyl (C=O) groups excluding carboxylic acids is 1. The van der Waals surface area contributed by atoms with E-state index in [1.54, 1.807) is 0 Å². The fourth-order valence-corrected chi connectivity index (χ4v) is 2.30. The molecular weight excluding hydrogens is 228 g/mol. The lowest BCUT2D eigenvalue weighted by Crippen LogP contribution is -2.46. The molecule has 0 saturated carbocycles. The maximum Gasteiger partial charge on any atom is 0.237 e. The average molecular weight is 248 g/mol. The predicted octanol–water partition coefficient (Wildman–Crippen LogP) is 0.744. The van der Waals surface area contributed by atoms with Crippen LogP contribution in [0.3, 0.4) is 0 Å². The number of carbonyl (C=O) groups is 1. The van der Waals surface area contributed by atoms with Crippen LogP contribution in [0, 0.1) is 5.92 Å². The Hall–Kier alpha value is -1.39. The Kier molecular flexibility index (Phi) is 3.68. The van der Waals surface area contributed by atoms with E-state index in [-0.39, 0.29) is 17.9 Å². The molecule has 2 rings (SSSR count). The molecule has 4 heteroatoms. The van der Waals surface area contributed by atoms with Crippen molar-refractivity contribution >= 4 is 5.91 Å². The van der Waals surface area contributed by atoms with Gasteiger partial charge >= 0.3 is 0 Å². The molecule has 1 aliphatic rings. The van der Waals surface area contributed by atoms with Gasteiger partial charge in [-0.25, -0.2) is 0 Å². The fourth-order valence-electron chi connectivity index (χ4n) is 2.30. The van der Waals surface area contributed by atoms with Crippen LogP contribution in [0.5, 0.6) is 0 Å². The molecule has 1 aromatic carbocycles. The van der Waals surface area contributed by atoms with Crippen LogP contribution in [0.1, 0.15) is 31.0 Å². The van der Waals surface area contributed by atoms with Crippen molar-refractivity contribution in [1.82, 2.24) is 5.32 Å². The monoisotopic (exact) mass is 248 g/mol. The van der Waals surface area contributed by atoms with Gasteiger partial charge in [-0.05, 0) is 17.0 Å². The SMILES string of the molecule is CC(C)C(N)C(=O)NC1c2ccccc2CC1O. The first-order valence-corrected chi connectivity index (χ1v) is 6.32. The smallest absolute Gasteiger partial charge is 0.237 e. The molecule has 3 atom stereocenters. The quantitative estimate of drug-likeness (QED) is 0.738. The second-order valence-corrected chi connectivity index (χ2v) is 5.23. The zero-order chi connectivity index (χ0) is 13.3. The third kappa shape index (κ3) is 2.40. The molecule has 0 heterocycles. The Morgan fingerprint density at radius 1 is 1.44 bits per heavy atom. The van der Waals surface area contributed by atoms with E-state index in [1.165, 1.54) is 0 Å². The van der Waals surface area contributed by atoms with Crippen molar-refractivity contribution in [3.8, 4) is 0 Å². The molecular formula is C14H20N2O2. The highest BCUT2D eigenvalue weighted by Gasteiger charge is 2.33. The van der Waals surface area contributed by atoms with Gasteiger partial charge in [0.2, 0.25) is 5.91 Å². The normalized spacial score (nSPS) is 23.8.